The minimum Gasteiger partial charge on any atom is -0.496 e. The van der Waals surface area contributed by atoms with Crippen molar-refractivity contribution in [2.75, 3.05) is 13.7 Å². The van der Waals surface area contributed by atoms with Gasteiger partial charge in [-0.3, -0.25) is 9.78 Å². The molecule has 0 radical (unpaired) electrons. The molecule has 1 aliphatic rings. The lowest BCUT2D eigenvalue weighted by atomic mass is 10.1. The van der Waals surface area contributed by atoms with Crippen molar-refractivity contribution in [1.29, 1.82) is 0 Å². The van der Waals surface area contributed by atoms with E-state index < -0.39 is 0 Å². The molecule has 4 nitrogen and oxygen atoms in total. The summed E-state index contributed by atoms with van der Waals surface area (Å²) in [5, 5.41) is 0. The van der Waals surface area contributed by atoms with Crippen molar-refractivity contribution >= 4 is 5.91 Å². The van der Waals surface area contributed by atoms with Crippen LogP contribution in [0.4, 0.5) is 4.39 Å². The van der Waals surface area contributed by atoms with Gasteiger partial charge in [-0.15, -0.1) is 0 Å². The van der Waals surface area contributed by atoms with Crippen LogP contribution in [0.15, 0.2) is 66.7 Å². The zero-order chi connectivity index (χ0) is 20.9. The van der Waals surface area contributed by atoms with Crippen LogP contribution in [0.1, 0.15) is 41.4 Å². The zero-order valence-corrected chi connectivity index (χ0v) is 17.1. The summed E-state index contributed by atoms with van der Waals surface area (Å²) in [6, 6.07) is 20.1. The molecular weight excluding hydrogens is 379 g/mol. The van der Waals surface area contributed by atoms with Crippen LogP contribution in [0.25, 0.3) is 0 Å². The normalized spacial score (nSPS) is 15.9. The first-order valence-corrected chi connectivity index (χ1v) is 10.3. The number of hydrogen-bond acceptors (Lipinski definition) is 3. The second-order valence-corrected chi connectivity index (χ2v) is 7.59. The van der Waals surface area contributed by atoms with E-state index in [2.05, 4.69) is 0 Å². The summed E-state index contributed by atoms with van der Waals surface area (Å²) >= 11 is 0. The largest absolute Gasteiger partial charge is 0.496 e. The summed E-state index contributed by atoms with van der Waals surface area (Å²) in [4.78, 5) is 19.7. The van der Waals surface area contributed by atoms with E-state index in [0.717, 1.165) is 47.7 Å². The maximum atomic E-state index is 13.1. The van der Waals surface area contributed by atoms with E-state index in [1.54, 1.807) is 19.2 Å². The number of para-hydroxylation sites is 1. The second-order valence-electron chi connectivity index (χ2n) is 7.59. The van der Waals surface area contributed by atoms with E-state index in [1.165, 1.54) is 12.1 Å². The van der Waals surface area contributed by atoms with Gasteiger partial charge in [0.15, 0.2) is 0 Å². The van der Waals surface area contributed by atoms with Crippen LogP contribution in [-0.2, 0) is 17.6 Å². The molecule has 2 heterocycles. The number of nitrogens with zero attached hydrogens (tertiary/aromatic N) is 2. The van der Waals surface area contributed by atoms with Crippen LogP contribution in [0.2, 0.25) is 0 Å². The highest BCUT2D eigenvalue weighted by atomic mass is 19.1. The SMILES string of the molecule is COc1ccccc1Cc1cccc(C2CCCN2C(=O)Cc2ccc(F)cc2)n1. The molecule has 5 heteroatoms. The number of amides is 1. The van der Waals surface area contributed by atoms with Gasteiger partial charge in [0.25, 0.3) is 0 Å². The third kappa shape index (κ3) is 4.51. The summed E-state index contributed by atoms with van der Waals surface area (Å²) in [7, 11) is 1.67. The van der Waals surface area contributed by atoms with Crippen molar-refractivity contribution in [2.24, 2.45) is 0 Å². The zero-order valence-electron chi connectivity index (χ0n) is 17.1. The van der Waals surface area contributed by atoms with Crippen LogP contribution in [-0.4, -0.2) is 29.4 Å². The van der Waals surface area contributed by atoms with Crippen LogP contribution >= 0.6 is 0 Å². The predicted molar refractivity (Wildman–Crippen MR) is 114 cm³/mol. The lowest BCUT2D eigenvalue weighted by Crippen LogP contribution is -2.32. The maximum absolute atomic E-state index is 13.1. The molecule has 1 saturated heterocycles. The van der Waals surface area contributed by atoms with Crippen molar-refractivity contribution in [3.63, 3.8) is 0 Å². The Balaban J connectivity index is 1.50. The first kappa shape index (κ1) is 20.1. The van der Waals surface area contributed by atoms with Crippen molar-refractivity contribution < 1.29 is 13.9 Å². The average molecular weight is 404 g/mol. The molecule has 4 rings (SSSR count). The number of halogens is 1. The molecule has 1 atom stereocenters. The first-order chi connectivity index (χ1) is 14.6. The number of hydrogen-bond donors (Lipinski definition) is 0. The van der Waals surface area contributed by atoms with Crippen LogP contribution in [0.5, 0.6) is 5.75 Å². The lowest BCUT2D eigenvalue weighted by Gasteiger charge is -2.25. The fourth-order valence-electron chi connectivity index (χ4n) is 4.08. The molecule has 2 aromatic carbocycles. The standard InChI is InChI=1S/C25H25FN2O2/c1-30-24-10-3-2-6-19(24)17-21-7-4-8-22(27-21)23-9-5-15-28(23)25(29)16-18-11-13-20(26)14-12-18/h2-4,6-8,10-14,23H,5,9,15-17H2,1H3. The molecule has 0 bridgehead atoms. The second kappa shape index (κ2) is 9.08. The van der Waals surface area contributed by atoms with Gasteiger partial charge in [0.1, 0.15) is 11.6 Å². The first-order valence-electron chi connectivity index (χ1n) is 10.3. The highest BCUT2D eigenvalue weighted by Crippen LogP contribution is 2.32. The highest BCUT2D eigenvalue weighted by Gasteiger charge is 2.30. The summed E-state index contributed by atoms with van der Waals surface area (Å²) in [5.74, 6) is 0.615. The molecular formula is C25H25FN2O2. The summed E-state index contributed by atoms with van der Waals surface area (Å²) in [5.41, 5.74) is 3.78. The maximum Gasteiger partial charge on any atom is 0.227 e. The van der Waals surface area contributed by atoms with Crippen LogP contribution < -0.4 is 4.74 Å². The fraction of sp³-hybridized carbons (Fsp3) is 0.280. The number of pyridine rings is 1. The lowest BCUT2D eigenvalue weighted by molar-refractivity contribution is -0.131. The predicted octanol–water partition coefficient (Wildman–Crippen LogP) is 4.73. The van der Waals surface area contributed by atoms with Crippen molar-refractivity contribution in [3.05, 3.63) is 95.1 Å². The Kier molecular flexibility index (Phi) is 6.07. The summed E-state index contributed by atoms with van der Waals surface area (Å²) in [6.07, 6.45) is 2.81. The third-order valence-electron chi connectivity index (χ3n) is 5.58. The third-order valence-corrected chi connectivity index (χ3v) is 5.58. The number of carbonyl (C=O) groups is 1. The monoisotopic (exact) mass is 404 g/mol. The number of rotatable bonds is 6. The Morgan fingerprint density at radius 1 is 1.10 bits per heavy atom. The molecule has 3 aromatic rings. The van der Waals surface area contributed by atoms with Gasteiger partial charge in [-0.25, -0.2) is 4.39 Å². The van der Waals surface area contributed by atoms with Crippen molar-refractivity contribution in [3.8, 4) is 5.75 Å². The number of likely N-dealkylation sites (tertiary alicyclic amines) is 1. The number of benzene rings is 2. The Morgan fingerprint density at radius 3 is 2.70 bits per heavy atom. The Bertz CT molecular complexity index is 1020. The van der Waals surface area contributed by atoms with E-state index in [9.17, 15) is 9.18 Å². The topological polar surface area (TPSA) is 42.4 Å². The highest BCUT2D eigenvalue weighted by molar-refractivity contribution is 5.79. The Morgan fingerprint density at radius 2 is 1.90 bits per heavy atom. The van der Waals surface area contributed by atoms with Gasteiger partial charge in [-0.05, 0) is 48.7 Å². The molecule has 1 aromatic heterocycles. The molecule has 154 valence electrons. The van der Waals surface area contributed by atoms with Crippen molar-refractivity contribution in [1.82, 2.24) is 9.88 Å². The summed E-state index contributed by atoms with van der Waals surface area (Å²) < 4.78 is 18.6. The quantitative estimate of drug-likeness (QED) is 0.597. The molecule has 1 aliphatic heterocycles. The van der Waals surface area contributed by atoms with E-state index >= 15 is 0 Å². The summed E-state index contributed by atoms with van der Waals surface area (Å²) in [6.45, 7) is 0.725. The number of aromatic nitrogens is 1. The molecule has 1 unspecified atom stereocenters. The smallest absolute Gasteiger partial charge is 0.227 e. The van der Waals surface area contributed by atoms with Gasteiger partial charge in [0, 0.05) is 24.2 Å². The molecule has 30 heavy (non-hydrogen) atoms. The Hall–Kier alpha value is -3.21. The molecule has 0 aliphatic carbocycles. The molecule has 0 spiro atoms. The van der Waals surface area contributed by atoms with Gasteiger partial charge in [0.2, 0.25) is 5.91 Å². The molecule has 1 fully saturated rings. The minimum atomic E-state index is -0.290. The number of ether oxygens (including phenoxy) is 1. The number of carbonyl (C=O) groups excluding carboxylic acids is 1. The Labute approximate surface area is 176 Å². The van der Waals surface area contributed by atoms with E-state index in [0.29, 0.717) is 6.42 Å². The average Bonchev–Trinajstić information content (AvgIpc) is 3.26. The number of methoxy groups -OCH3 is 1. The minimum absolute atomic E-state index is 0.0180. The van der Waals surface area contributed by atoms with Gasteiger partial charge < -0.3 is 9.64 Å². The van der Waals surface area contributed by atoms with E-state index in [-0.39, 0.29) is 24.2 Å². The van der Waals surface area contributed by atoms with Crippen LogP contribution in [0, 0.1) is 5.82 Å². The van der Waals surface area contributed by atoms with Gasteiger partial charge >= 0.3 is 0 Å². The van der Waals surface area contributed by atoms with Gasteiger partial charge in [-0.1, -0.05) is 36.4 Å². The fourth-order valence-corrected chi connectivity index (χ4v) is 4.08. The molecule has 0 saturated carbocycles. The van der Waals surface area contributed by atoms with Crippen LogP contribution in [0.3, 0.4) is 0 Å². The molecule has 0 N–H and O–H groups in total. The van der Waals surface area contributed by atoms with Crippen molar-refractivity contribution in [2.45, 2.75) is 31.7 Å². The van der Waals surface area contributed by atoms with E-state index in [1.807, 2.05) is 47.4 Å². The van der Waals surface area contributed by atoms with Gasteiger partial charge in [-0.2, -0.15) is 0 Å². The molecule has 1 amide bonds. The van der Waals surface area contributed by atoms with Gasteiger partial charge in [0.05, 0.1) is 25.3 Å². The van der Waals surface area contributed by atoms with E-state index in [4.69, 9.17) is 9.72 Å².